The number of rotatable bonds is 3. The topological polar surface area (TPSA) is 38.8 Å². The number of morpholine rings is 1. The predicted molar refractivity (Wildman–Crippen MR) is 68.7 cm³/mol. The fourth-order valence-electron chi connectivity index (χ4n) is 2.11. The van der Waals surface area contributed by atoms with Gasteiger partial charge in [-0.25, -0.2) is 0 Å². The summed E-state index contributed by atoms with van der Waals surface area (Å²) in [6, 6.07) is 7.64. The van der Waals surface area contributed by atoms with Crippen LogP contribution in [-0.2, 0) is 16.0 Å². The normalized spacial score (nSPS) is 19.7. The van der Waals surface area contributed by atoms with Crippen molar-refractivity contribution in [1.29, 1.82) is 0 Å². The van der Waals surface area contributed by atoms with Gasteiger partial charge in [0.15, 0.2) is 0 Å². The third kappa shape index (κ3) is 3.23. The molecule has 0 radical (unpaired) electrons. The molecule has 1 aliphatic rings. The molecule has 4 heteroatoms. The second-order valence-electron chi connectivity index (χ2n) is 4.55. The highest BCUT2D eigenvalue weighted by atomic mass is 16.5. The second kappa shape index (κ2) is 5.87. The molecule has 1 atom stereocenters. The summed E-state index contributed by atoms with van der Waals surface area (Å²) in [4.78, 5) is 14.0. The van der Waals surface area contributed by atoms with Crippen LogP contribution in [-0.4, -0.2) is 43.7 Å². The van der Waals surface area contributed by atoms with Gasteiger partial charge in [-0.05, 0) is 24.6 Å². The van der Waals surface area contributed by atoms with Gasteiger partial charge in [0.25, 0.3) is 0 Å². The van der Waals surface area contributed by atoms with Crippen molar-refractivity contribution in [1.82, 2.24) is 4.90 Å². The smallest absolute Gasteiger partial charge is 0.227 e. The molecule has 1 saturated heterocycles. The standard InChI is InChI=1S/C14H19NO3/c1-11-10-15(6-7-18-11)14(16)9-12-4-3-5-13(8-12)17-2/h3-5,8,11H,6-7,9-10H2,1-2H3. The van der Waals surface area contributed by atoms with Crippen LogP contribution < -0.4 is 4.74 Å². The van der Waals surface area contributed by atoms with Crippen LogP contribution in [0.1, 0.15) is 12.5 Å². The van der Waals surface area contributed by atoms with E-state index in [0.29, 0.717) is 26.1 Å². The van der Waals surface area contributed by atoms with Gasteiger partial charge < -0.3 is 14.4 Å². The first-order valence-corrected chi connectivity index (χ1v) is 6.21. The van der Waals surface area contributed by atoms with Crippen LogP contribution in [0.5, 0.6) is 5.75 Å². The Morgan fingerprint density at radius 1 is 1.56 bits per heavy atom. The summed E-state index contributed by atoms with van der Waals surface area (Å²) in [7, 11) is 1.63. The number of benzene rings is 1. The maximum Gasteiger partial charge on any atom is 0.227 e. The zero-order valence-corrected chi connectivity index (χ0v) is 10.9. The minimum atomic E-state index is 0.132. The maximum atomic E-state index is 12.1. The van der Waals surface area contributed by atoms with Gasteiger partial charge in [0.05, 0.1) is 26.2 Å². The van der Waals surface area contributed by atoms with Gasteiger partial charge in [0, 0.05) is 13.1 Å². The molecule has 0 bridgehead atoms. The molecule has 0 saturated carbocycles. The molecule has 1 amide bonds. The minimum absolute atomic E-state index is 0.132. The molecule has 1 unspecified atom stereocenters. The van der Waals surface area contributed by atoms with E-state index in [4.69, 9.17) is 9.47 Å². The van der Waals surface area contributed by atoms with E-state index < -0.39 is 0 Å². The summed E-state index contributed by atoms with van der Waals surface area (Å²) in [6.45, 7) is 3.99. The van der Waals surface area contributed by atoms with Crippen LogP contribution in [0.3, 0.4) is 0 Å². The first-order chi connectivity index (χ1) is 8.69. The molecular formula is C14H19NO3. The molecule has 0 N–H and O–H groups in total. The molecule has 1 aromatic carbocycles. The molecule has 1 fully saturated rings. The van der Waals surface area contributed by atoms with Crippen molar-refractivity contribution < 1.29 is 14.3 Å². The fourth-order valence-corrected chi connectivity index (χ4v) is 2.11. The monoisotopic (exact) mass is 249 g/mol. The van der Waals surface area contributed by atoms with Gasteiger partial charge in [-0.3, -0.25) is 4.79 Å². The van der Waals surface area contributed by atoms with Gasteiger partial charge in [-0.2, -0.15) is 0 Å². The Kier molecular flexibility index (Phi) is 4.20. The van der Waals surface area contributed by atoms with Gasteiger partial charge in [0.2, 0.25) is 5.91 Å². The lowest BCUT2D eigenvalue weighted by atomic mass is 10.1. The van der Waals surface area contributed by atoms with Gasteiger partial charge in [-0.1, -0.05) is 12.1 Å². The summed E-state index contributed by atoms with van der Waals surface area (Å²) in [5.41, 5.74) is 0.985. The van der Waals surface area contributed by atoms with Crippen molar-refractivity contribution in [2.24, 2.45) is 0 Å². The molecule has 1 heterocycles. The number of ether oxygens (including phenoxy) is 2. The maximum absolute atomic E-state index is 12.1. The Hall–Kier alpha value is -1.55. The predicted octanol–water partition coefficient (Wildman–Crippen LogP) is 1.49. The minimum Gasteiger partial charge on any atom is -0.497 e. The van der Waals surface area contributed by atoms with E-state index in [1.165, 1.54) is 0 Å². The third-order valence-electron chi connectivity index (χ3n) is 3.08. The molecule has 0 spiro atoms. The van der Waals surface area contributed by atoms with Crippen molar-refractivity contribution in [3.63, 3.8) is 0 Å². The number of amides is 1. The van der Waals surface area contributed by atoms with Crippen LogP contribution in [0.15, 0.2) is 24.3 Å². The summed E-state index contributed by atoms with van der Waals surface area (Å²) in [6.07, 6.45) is 0.553. The molecule has 0 aromatic heterocycles. The molecule has 2 rings (SSSR count). The van der Waals surface area contributed by atoms with E-state index in [2.05, 4.69) is 0 Å². The summed E-state index contributed by atoms with van der Waals surface area (Å²) >= 11 is 0. The lowest BCUT2D eigenvalue weighted by molar-refractivity contribution is -0.137. The quantitative estimate of drug-likeness (QED) is 0.814. The summed E-state index contributed by atoms with van der Waals surface area (Å²) in [5, 5.41) is 0. The first-order valence-electron chi connectivity index (χ1n) is 6.21. The number of hydrogen-bond acceptors (Lipinski definition) is 3. The van der Waals surface area contributed by atoms with E-state index in [0.717, 1.165) is 11.3 Å². The van der Waals surface area contributed by atoms with Gasteiger partial charge >= 0.3 is 0 Å². The van der Waals surface area contributed by atoms with E-state index in [9.17, 15) is 4.79 Å². The summed E-state index contributed by atoms with van der Waals surface area (Å²) in [5.74, 6) is 0.939. The highest BCUT2D eigenvalue weighted by molar-refractivity contribution is 5.79. The summed E-state index contributed by atoms with van der Waals surface area (Å²) < 4.78 is 10.6. The van der Waals surface area contributed by atoms with E-state index >= 15 is 0 Å². The van der Waals surface area contributed by atoms with Gasteiger partial charge in [-0.15, -0.1) is 0 Å². The van der Waals surface area contributed by atoms with E-state index in [-0.39, 0.29) is 12.0 Å². The van der Waals surface area contributed by atoms with Gasteiger partial charge in [0.1, 0.15) is 5.75 Å². The number of methoxy groups -OCH3 is 1. The highest BCUT2D eigenvalue weighted by Crippen LogP contribution is 2.14. The molecule has 1 aromatic rings. The van der Waals surface area contributed by atoms with Crippen molar-refractivity contribution in [2.75, 3.05) is 26.8 Å². The number of carbonyl (C=O) groups is 1. The Bertz CT molecular complexity index is 419. The number of nitrogens with zero attached hydrogens (tertiary/aromatic N) is 1. The van der Waals surface area contributed by atoms with Crippen molar-refractivity contribution >= 4 is 5.91 Å². The highest BCUT2D eigenvalue weighted by Gasteiger charge is 2.21. The Morgan fingerprint density at radius 3 is 3.11 bits per heavy atom. The molecule has 4 nitrogen and oxygen atoms in total. The SMILES string of the molecule is COc1cccc(CC(=O)N2CCOC(C)C2)c1. The molecule has 0 aliphatic carbocycles. The zero-order chi connectivity index (χ0) is 13.0. The number of carbonyl (C=O) groups excluding carboxylic acids is 1. The molecule has 18 heavy (non-hydrogen) atoms. The van der Waals surface area contributed by atoms with E-state index in [1.54, 1.807) is 7.11 Å². The van der Waals surface area contributed by atoms with Crippen molar-refractivity contribution in [3.05, 3.63) is 29.8 Å². The van der Waals surface area contributed by atoms with Crippen LogP contribution in [0.2, 0.25) is 0 Å². The lowest BCUT2D eigenvalue weighted by Crippen LogP contribution is -2.45. The second-order valence-corrected chi connectivity index (χ2v) is 4.55. The first kappa shape index (κ1) is 12.9. The average Bonchev–Trinajstić information content (AvgIpc) is 2.39. The van der Waals surface area contributed by atoms with Crippen LogP contribution >= 0.6 is 0 Å². The van der Waals surface area contributed by atoms with Crippen molar-refractivity contribution in [2.45, 2.75) is 19.4 Å². The van der Waals surface area contributed by atoms with Crippen molar-refractivity contribution in [3.8, 4) is 5.75 Å². The fraction of sp³-hybridized carbons (Fsp3) is 0.500. The molecule has 98 valence electrons. The lowest BCUT2D eigenvalue weighted by Gasteiger charge is -2.31. The molecule has 1 aliphatic heterocycles. The third-order valence-corrected chi connectivity index (χ3v) is 3.08. The van der Waals surface area contributed by atoms with Crippen LogP contribution in [0, 0.1) is 0 Å². The molecular weight excluding hydrogens is 230 g/mol. The van der Waals surface area contributed by atoms with Crippen LogP contribution in [0.25, 0.3) is 0 Å². The number of hydrogen-bond donors (Lipinski definition) is 0. The Balaban J connectivity index is 1.97. The Morgan fingerprint density at radius 2 is 2.39 bits per heavy atom. The largest absolute Gasteiger partial charge is 0.497 e. The Labute approximate surface area is 107 Å². The van der Waals surface area contributed by atoms with E-state index in [1.807, 2.05) is 36.1 Å². The average molecular weight is 249 g/mol. The van der Waals surface area contributed by atoms with Crippen LogP contribution in [0.4, 0.5) is 0 Å². The zero-order valence-electron chi connectivity index (χ0n) is 10.9.